The van der Waals surface area contributed by atoms with Crippen LogP contribution in [-0.2, 0) is 4.79 Å². The number of carboxylic acids is 1. The van der Waals surface area contributed by atoms with Gasteiger partial charge in [-0.2, -0.15) is 0 Å². The Morgan fingerprint density at radius 3 is 3.00 bits per heavy atom. The number of fused-ring (bicyclic) bond motifs is 1. The minimum Gasteiger partial charge on any atom is -0.478 e. The molecule has 0 atom stereocenters. The van der Waals surface area contributed by atoms with Crippen molar-refractivity contribution in [3.05, 3.63) is 36.7 Å². The van der Waals surface area contributed by atoms with E-state index in [2.05, 4.69) is 11.6 Å². The second-order valence-corrected chi connectivity index (χ2v) is 2.82. The lowest BCUT2D eigenvalue weighted by Gasteiger charge is -1.98. The Morgan fingerprint density at radius 1 is 1.50 bits per heavy atom. The Hall–Kier alpha value is -2.10. The summed E-state index contributed by atoms with van der Waals surface area (Å²) in [7, 11) is 0. The fourth-order valence-electron chi connectivity index (χ4n) is 1.17. The molecule has 0 radical (unpaired) electrons. The van der Waals surface area contributed by atoms with Crippen LogP contribution in [0.1, 0.15) is 5.56 Å². The van der Waals surface area contributed by atoms with E-state index in [4.69, 9.17) is 9.52 Å². The molecule has 0 unspecified atom stereocenters. The highest BCUT2D eigenvalue weighted by molar-refractivity contribution is 6.14. The SMILES string of the molecule is C=C(C(=O)O)c1ccc2ncoc2c1. The van der Waals surface area contributed by atoms with Gasteiger partial charge in [-0.05, 0) is 17.7 Å². The van der Waals surface area contributed by atoms with Gasteiger partial charge < -0.3 is 9.52 Å². The van der Waals surface area contributed by atoms with Crippen LogP contribution in [0.4, 0.5) is 0 Å². The van der Waals surface area contributed by atoms with Crippen LogP contribution in [0.3, 0.4) is 0 Å². The molecular formula is C10H7NO3. The number of aromatic nitrogens is 1. The number of aliphatic carboxylic acids is 1. The lowest BCUT2D eigenvalue weighted by Crippen LogP contribution is -1.97. The van der Waals surface area contributed by atoms with E-state index in [0.717, 1.165) is 0 Å². The molecule has 0 aliphatic heterocycles. The second kappa shape index (κ2) is 2.99. The third-order valence-electron chi connectivity index (χ3n) is 1.94. The van der Waals surface area contributed by atoms with E-state index in [-0.39, 0.29) is 5.57 Å². The fraction of sp³-hybridized carbons (Fsp3) is 0. The third kappa shape index (κ3) is 1.26. The van der Waals surface area contributed by atoms with Gasteiger partial charge in [0, 0.05) is 0 Å². The lowest BCUT2D eigenvalue weighted by atomic mass is 10.1. The Labute approximate surface area is 79.5 Å². The molecule has 70 valence electrons. The molecule has 1 aromatic heterocycles. The van der Waals surface area contributed by atoms with Gasteiger partial charge in [0.15, 0.2) is 12.0 Å². The first-order chi connectivity index (χ1) is 6.68. The topological polar surface area (TPSA) is 63.3 Å². The molecule has 1 N–H and O–H groups in total. The van der Waals surface area contributed by atoms with Crippen molar-refractivity contribution in [3.8, 4) is 0 Å². The molecule has 1 heterocycles. The molecule has 0 fully saturated rings. The summed E-state index contributed by atoms with van der Waals surface area (Å²) < 4.78 is 5.04. The lowest BCUT2D eigenvalue weighted by molar-refractivity contribution is -0.130. The van der Waals surface area contributed by atoms with Crippen LogP contribution < -0.4 is 0 Å². The van der Waals surface area contributed by atoms with Crippen molar-refractivity contribution in [2.45, 2.75) is 0 Å². The standard InChI is InChI=1S/C10H7NO3/c1-6(10(12)13)7-2-3-8-9(4-7)14-5-11-8/h2-5H,1H2,(H,12,13). The number of hydrogen-bond donors (Lipinski definition) is 1. The number of hydrogen-bond acceptors (Lipinski definition) is 3. The molecule has 0 aliphatic rings. The van der Waals surface area contributed by atoms with Gasteiger partial charge >= 0.3 is 5.97 Å². The summed E-state index contributed by atoms with van der Waals surface area (Å²) in [6, 6.07) is 4.96. The molecule has 14 heavy (non-hydrogen) atoms. The van der Waals surface area contributed by atoms with Crippen LogP contribution in [0.5, 0.6) is 0 Å². The van der Waals surface area contributed by atoms with Crippen LogP contribution in [-0.4, -0.2) is 16.1 Å². The molecule has 0 amide bonds. The summed E-state index contributed by atoms with van der Waals surface area (Å²) in [6.07, 6.45) is 1.32. The first kappa shape index (κ1) is 8.50. The Morgan fingerprint density at radius 2 is 2.29 bits per heavy atom. The zero-order valence-corrected chi connectivity index (χ0v) is 7.23. The molecule has 2 rings (SSSR count). The number of carboxylic acid groups (broad SMARTS) is 1. The minimum absolute atomic E-state index is 0.0447. The second-order valence-electron chi connectivity index (χ2n) is 2.82. The number of carbonyl (C=O) groups is 1. The van der Waals surface area contributed by atoms with Gasteiger partial charge in [-0.3, -0.25) is 0 Å². The average molecular weight is 189 g/mol. The van der Waals surface area contributed by atoms with Gasteiger partial charge in [0.2, 0.25) is 0 Å². The molecular weight excluding hydrogens is 182 g/mol. The van der Waals surface area contributed by atoms with E-state index in [1.54, 1.807) is 18.2 Å². The van der Waals surface area contributed by atoms with Crippen LogP contribution >= 0.6 is 0 Å². The fourth-order valence-corrected chi connectivity index (χ4v) is 1.17. The van der Waals surface area contributed by atoms with Gasteiger partial charge in [-0.1, -0.05) is 12.6 Å². The summed E-state index contributed by atoms with van der Waals surface area (Å²) in [5.74, 6) is -1.04. The minimum atomic E-state index is -1.04. The zero-order chi connectivity index (χ0) is 10.1. The average Bonchev–Trinajstić information content (AvgIpc) is 2.62. The number of oxazole rings is 1. The van der Waals surface area contributed by atoms with Gasteiger partial charge in [-0.25, -0.2) is 9.78 Å². The van der Waals surface area contributed by atoms with Gasteiger partial charge in [-0.15, -0.1) is 0 Å². The maximum absolute atomic E-state index is 10.6. The van der Waals surface area contributed by atoms with Crippen molar-refractivity contribution < 1.29 is 14.3 Å². The highest BCUT2D eigenvalue weighted by atomic mass is 16.4. The number of rotatable bonds is 2. The normalized spacial score (nSPS) is 10.3. The van der Waals surface area contributed by atoms with Gasteiger partial charge in [0.05, 0.1) is 5.57 Å². The summed E-state index contributed by atoms with van der Waals surface area (Å²) >= 11 is 0. The maximum atomic E-state index is 10.6. The smallest absolute Gasteiger partial charge is 0.335 e. The molecule has 1 aromatic carbocycles. The van der Waals surface area contributed by atoms with Crippen molar-refractivity contribution >= 4 is 22.6 Å². The van der Waals surface area contributed by atoms with E-state index in [9.17, 15) is 4.79 Å². The summed E-state index contributed by atoms with van der Waals surface area (Å²) in [5.41, 5.74) is 1.84. The molecule has 0 saturated heterocycles. The molecule has 4 nitrogen and oxygen atoms in total. The Kier molecular flexibility index (Phi) is 1.81. The van der Waals surface area contributed by atoms with E-state index in [1.165, 1.54) is 6.39 Å². The van der Waals surface area contributed by atoms with Crippen molar-refractivity contribution in [3.63, 3.8) is 0 Å². The Bertz CT molecular complexity index is 513. The summed E-state index contributed by atoms with van der Waals surface area (Å²) in [6.45, 7) is 3.45. The summed E-state index contributed by atoms with van der Waals surface area (Å²) in [5, 5.41) is 8.71. The van der Waals surface area contributed by atoms with Crippen LogP contribution in [0.2, 0.25) is 0 Å². The largest absolute Gasteiger partial charge is 0.478 e. The molecule has 0 aliphatic carbocycles. The molecule has 0 bridgehead atoms. The van der Waals surface area contributed by atoms with E-state index in [1.807, 2.05) is 0 Å². The van der Waals surface area contributed by atoms with Gasteiger partial charge in [0.25, 0.3) is 0 Å². The quantitative estimate of drug-likeness (QED) is 0.733. The van der Waals surface area contributed by atoms with Crippen molar-refractivity contribution in [1.29, 1.82) is 0 Å². The zero-order valence-electron chi connectivity index (χ0n) is 7.23. The van der Waals surface area contributed by atoms with Crippen molar-refractivity contribution in [2.75, 3.05) is 0 Å². The number of nitrogens with zero attached hydrogens (tertiary/aromatic N) is 1. The first-order valence-corrected chi connectivity index (χ1v) is 3.94. The van der Waals surface area contributed by atoms with Gasteiger partial charge in [0.1, 0.15) is 5.52 Å². The predicted molar refractivity (Wildman–Crippen MR) is 50.7 cm³/mol. The van der Waals surface area contributed by atoms with Crippen LogP contribution in [0.25, 0.3) is 16.7 Å². The summed E-state index contributed by atoms with van der Waals surface area (Å²) in [4.78, 5) is 14.5. The van der Waals surface area contributed by atoms with E-state index < -0.39 is 5.97 Å². The maximum Gasteiger partial charge on any atom is 0.335 e. The number of benzene rings is 1. The molecule has 0 spiro atoms. The van der Waals surface area contributed by atoms with E-state index in [0.29, 0.717) is 16.7 Å². The predicted octanol–water partition coefficient (Wildman–Crippen LogP) is 1.93. The highest BCUT2D eigenvalue weighted by Gasteiger charge is 2.08. The molecule has 0 saturated carbocycles. The van der Waals surface area contributed by atoms with Crippen LogP contribution in [0, 0.1) is 0 Å². The Balaban J connectivity index is 2.54. The van der Waals surface area contributed by atoms with Crippen molar-refractivity contribution in [2.24, 2.45) is 0 Å². The molecule has 2 aromatic rings. The van der Waals surface area contributed by atoms with Crippen molar-refractivity contribution in [1.82, 2.24) is 4.98 Å². The third-order valence-corrected chi connectivity index (χ3v) is 1.94. The highest BCUT2D eigenvalue weighted by Crippen LogP contribution is 2.19. The monoisotopic (exact) mass is 189 g/mol. The molecule has 4 heteroatoms. The van der Waals surface area contributed by atoms with Crippen LogP contribution in [0.15, 0.2) is 35.6 Å². The first-order valence-electron chi connectivity index (χ1n) is 3.94. The van der Waals surface area contributed by atoms with E-state index >= 15 is 0 Å².